The van der Waals surface area contributed by atoms with E-state index in [0.29, 0.717) is 17.4 Å². The molecule has 9 nitrogen and oxygen atoms in total. The van der Waals surface area contributed by atoms with Crippen molar-refractivity contribution >= 4 is 17.6 Å². The molecular weight excluding hydrogens is 456 g/mol. The Morgan fingerprint density at radius 3 is 2.58 bits per heavy atom. The summed E-state index contributed by atoms with van der Waals surface area (Å²) < 4.78 is 12.9. The fourth-order valence-electron chi connectivity index (χ4n) is 3.78. The van der Waals surface area contributed by atoms with Crippen molar-refractivity contribution in [1.82, 2.24) is 24.7 Å². The predicted octanol–water partition coefficient (Wildman–Crippen LogP) is 5.09. The molecule has 0 unspecified atom stereocenters. The van der Waals surface area contributed by atoms with Gasteiger partial charge in [0.05, 0.1) is 41.9 Å². The minimum absolute atomic E-state index is 0.00211. The smallest absolute Gasteiger partial charge is 0.314 e. The van der Waals surface area contributed by atoms with Gasteiger partial charge in [-0.2, -0.15) is 10.1 Å². The second kappa shape index (κ2) is 9.77. The zero-order chi connectivity index (χ0) is 25.2. The molecule has 3 heterocycles. The van der Waals surface area contributed by atoms with Gasteiger partial charge >= 0.3 is 5.97 Å². The number of carbonyl (C=O) groups is 1. The van der Waals surface area contributed by atoms with Crippen LogP contribution in [0.2, 0.25) is 0 Å². The van der Waals surface area contributed by atoms with Crippen molar-refractivity contribution < 1.29 is 14.3 Å². The largest absolute Gasteiger partial charge is 0.474 e. The van der Waals surface area contributed by atoms with Crippen LogP contribution in [-0.4, -0.2) is 36.8 Å². The van der Waals surface area contributed by atoms with E-state index >= 15 is 0 Å². The number of anilines is 2. The highest BCUT2D eigenvalue weighted by Gasteiger charge is 2.31. The molecule has 0 spiro atoms. The number of rotatable bonds is 8. The second-order valence-corrected chi connectivity index (χ2v) is 9.17. The minimum atomic E-state index is -0.136. The number of hydrogen-bond acceptors (Lipinski definition) is 8. The third-order valence-electron chi connectivity index (χ3n) is 5.82. The van der Waals surface area contributed by atoms with Gasteiger partial charge in [-0.3, -0.25) is 19.4 Å². The Labute approximate surface area is 209 Å². The van der Waals surface area contributed by atoms with E-state index in [4.69, 9.17) is 14.5 Å². The van der Waals surface area contributed by atoms with Gasteiger partial charge in [0.15, 0.2) is 5.82 Å². The lowest BCUT2D eigenvalue weighted by molar-refractivity contribution is -0.135. The van der Waals surface area contributed by atoms with Crippen molar-refractivity contribution in [2.45, 2.75) is 39.7 Å². The fourth-order valence-corrected chi connectivity index (χ4v) is 3.78. The first kappa shape index (κ1) is 23.5. The highest BCUT2D eigenvalue weighted by atomic mass is 16.5. The molecule has 1 aromatic carbocycles. The van der Waals surface area contributed by atoms with Gasteiger partial charge in [-0.25, -0.2) is 0 Å². The molecule has 4 aromatic rings. The highest BCUT2D eigenvalue weighted by molar-refractivity contribution is 5.79. The normalized spacial score (nSPS) is 13.0. The van der Waals surface area contributed by atoms with Crippen LogP contribution in [-0.2, 0) is 11.8 Å². The third kappa shape index (κ3) is 5.19. The molecule has 0 amide bonds. The van der Waals surface area contributed by atoms with E-state index in [1.54, 1.807) is 23.3 Å². The molecule has 1 aliphatic carbocycles. The van der Waals surface area contributed by atoms with E-state index < -0.39 is 0 Å². The molecule has 0 radical (unpaired) electrons. The van der Waals surface area contributed by atoms with Gasteiger partial charge in [-0.05, 0) is 62.9 Å². The van der Waals surface area contributed by atoms with Crippen LogP contribution < -0.4 is 14.8 Å². The lowest BCUT2D eigenvalue weighted by Crippen LogP contribution is -2.10. The Balaban J connectivity index is 1.35. The van der Waals surface area contributed by atoms with E-state index in [2.05, 4.69) is 20.4 Å². The minimum Gasteiger partial charge on any atom is -0.474 e. The SMILES string of the molecule is Cc1cc(-c2ccc(-c3cnn(C)c3Nc3cncc(OC(C)C)n3)nc2)ccc1OC(=O)C1CC1. The van der Waals surface area contributed by atoms with Crippen molar-refractivity contribution in [2.75, 3.05) is 5.32 Å². The maximum atomic E-state index is 12.0. The van der Waals surface area contributed by atoms with E-state index in [0.717, 1.165) is 46.6 Å². The number of ether oxygens (including phenoxy) is 2. The quantitative estimate of drug-likeness (QED) is 0.272. The summed E-state index contributed by atoms with van der Waals surface area (Å²) in [7, 11) is 1.85. The van der Waals surface area contributed by atoms with E-state index in [1.807, 2.05) is 64.3 Å². The average Bonchev–Trinajstić information content (AvgIpc) is 3.65. The number of nitrogens with one attached hydrogen (secondary N) is 1. The number of benzene rings is 1. The first-order valence-corrected chi connectivity index (χ1v) is 11.9. The summed E-state index contributed by atoms with van der Waals surface area (Å²) in [5.74, 6) is 2.28. The molecular formula is C27H28N6O3. The van der Waals surface area contributed by atoms with Crippen molar-refractivity contribution in [3.63, 3.8) is 0 Å². The van der Waals surface area contributed by atoms with Gasteiger partial charge in [-0.1, -0.05) is 12.1 Å². The summed E-state index contributed by atoms with van der Waals surface area (Å²) in [6.45, 7) is 5.82. The number of nitrogens with zero attached hydrogens (tertiary/aromatic N) is 5. The topological polar surface area (TPSA) is 104 Å². The van der Waals surface area contributed by atoms with Crippen LogP contribution in [0.5, 0.6) is 11.6 Å². The zero-order valence-electron chi connectivity index (χ0n) is 20.7. The van der Waals surface area contributed by atoms with Crippen LogP contribution in [0.25, 0.3) is 22.4 Å². The molecule has 1 N–H and O–H groups in total. The van der Waals surface area contributed by atoms with Crippen LogP contribution >= 0.6 is 0 Å². The van der Waals surface area contributed by atoms with Crippen LogP contribution in [0.3, 0.4) is 0 Å². The monoisotopic (exact) mass is 484 g/mol. The lowest BCUT2D eigenvalue weighted by atomic mass is 10.0. The van der Waals surface area contributed by atoms with Crippen LogP contribution in [0.1, 0.15) is 32.3 Å². The average molecular weight is 485 g/mol. The van der Waals surface area contributed by atoms with Gasteiger partial charge in [-0.15, -0.1) is 0 Å². The predicted molar refractivity (Wildman–Crippen MR) is 136 cm³/mol. The van der Waals surface area contributed by atoms with Crippen LogP contribution in [0.4, 0.5) is 11.6 Å². The Bertz CT molecular complexity index is 1390. The van der Waals surface area contributed by atoms with Gasteiger partial charge in [0.25, 0.3) is 0 Å². The summed E-state index contributed by atoms with van der Waals surface area (Å²) in [5.41, 5.74) is 4.47. The highest BCUT2D eigenvalue weighted by Crippen LogP contribution is 2.33. The molecule has 36 heavy (non-hydrogen) atoms. The fraction of sp³-hybridized carbons (Fsp3) is 0.296. The number of aromatic nitrogens is 5. The van der Waals surface area contributed by atoms with Gasteiger partial charge < -0.3 is 14.8 Å². The van der Waals surface area contributed by atoms with Gasteiger partial charge in [0, 0.05) is 18.8 Å². The van der Waals surface area contributed by atoms with Crippen LogP contribution in [0.15, 0.2) is 55.1 Å². The summed E-state index contributed by atoms with van der Waals surface area (Å²) in [4.78, 5) is 25.4. The molecule has 1 saturated carbocycles. The number of pyridine rings is 1. The Morgan fingerprint density at radius 1 is 1.08 bits per heavy atom. The third-order valence-corrected chi connectivity index (χ3v) is 5.82. The first-order chi connectivity index (χ1) is 17.4. The number of esters is 1. The second-order valence-electron chi connectivity index (χ2n) is 9.17. The standard InChI is InChI=1S/C27H28N6O3/c1-16(2)35-25-15-28-14-24(31-25)32-26-21(13-30-33(26)4)22-9-7-20(12-29-22)19-8-10-23(17(3)11-19)36-27(34)18-5-6-18/h7-16,18H,5-6H2,1-4H3,(H,31,32). The Kier molecular flexibility index (Phi) is 6.37. The van der Waals surface area contributed by atoms with Gasteiger partial charge in [0.2, 0.25) is 5.88 Å². The number of aryl methyl sites for hydroxylation is 2. The molecule has 1 aliphatic rings. The Hall–Kier alpha value is -4.27. The summed E-state index contributed by atoms with van der Waals surface area (Å²) >= 11 is 0. The summed E-state index contributed by atoms with van der Waals surface area (Å²) in [5, 5.41) is 7.68. The molecule has 184 valence electrons. The van der Waals surface area contributed by atoms with Gasteiger partial charge in [0.1, 0.15) is 11.6 Å². The maximum absolute atomic E-state index is 12.0. The zero-order valence-corrected chi connectivity index (χ0v) is 20.7. The molecule has 9 heteroatoms. The molecule has 0 aliphatic heterocycles. The lowest BCUT2D eigenvalue weighted by Gasteiger charge is -2.12. The molecule has 0 saturated heterocycles. The first-order valence-electron chi connectivity index (χ1n) is 11.9. The number of hydrogen-bond donors (Lipinski definition) is 1. The molecule has 0 atom stereocenters. The van der Waals surface area contributed by atoms with Crippen LogP contribution in [0, 0.1) is 12.8 Å². The molecule has 5 rings (SSSR count). The van der Waals surface area contributed by atoms with Crippen molar-refractivity contribution in [2.24, 2.45) is 13.0 Å². The van der Waals surface area contributed by atoms with Crippen molar-refractivity contribution in [3.05, 3.63) is 60.7 Å². The molecule has 1 fully saturated rings. The Morgan fingerprint density at radius 2 is 1.89 bits per heavy atom. The molecule has 0 bridgehead atoms. The van der Waals surface area contributed by atoms with Crippen molar-refractivity contribution in [1.29, 1.82) is 0 Å². The number of carbonyl (C=O) groups excluding carboxylic acids is 1. The maximum Gasteiger partial charge on any atom is 0.314 e. The summed E-state index contributed by atoms with van der Waals surface area (Å²) in [6.07, 6.45) is 8.66. The molecule has 3 aromatic heterocycles. The van der Waals surface area contributed by atoms with E-state index in [-0.39, 0.29) is 18.0 Å². The van der Waals surface area contributed by atoms with E-state index in [1.165, 1.54) is 0 Å². The van der Waals surface area contributed by atoms with Crippen molar-refractivity contribution in [3.8, 4) is 34.0 Å². The van der Waals surface area contributed by atoms with E-state index in [9.17, 15) is 4.79 Å². The summed E-state index contributed by atoms with van der Waals surface area (Å²) in [6, 6.07) is 9.77.